The van der Waals surface area contributed by atoms with Crippen molar-refractivity contribution in [2.45, 2.75) is 33.6 Å². The van der Waals surface area contributed by atoms with Gasteiger partial charge in [-0.25, -0.2) is 9.37 Å². The molecule has 9 heteroatoms. The predicted octanol–water partition coefficient (Wildman–Crippen LogP) is 4.58. The van der Waals surface area contributed by atoms with Crippen molar-refractivity contribution in [1.82, 2.24) is 10.1 Å². The first-order valence-corrected chi connectivity index (χ1v) is 9.44. The van der Waals surface area contributed by atoms with E-state index in [0.717, 1.165) is 0 Å². The van der Waals surface area contributed by atoms with Crippen molar-refractivity contribution >= 4 is 34.0 Å². The SMILES string of the molecule is CC(=O)Nc1ccc(-c2csc(NC(=O)c3c(C)noc3C(C)C)n2)c(F)c1. The molecule has 0 spiro atoms. The molecule has 0 bridgehead atoms. The first kappa shape index (κ1) is 19.7. The molecule has 2 aromatic heterocycles. The zero-order valence-electron chi connectivity index (χ0n) is 15.8. The summed E-state index contributed by atoms with van der Waals surface area (Å²) in [7, 11) is 0. The highest BCUT2D eigenvalue weighted by Gasteiger charge is 2.23. The molecule has 0 aliphatic heterocycles. The highest BCUT2D eigenvalue weighted by atomic mass is 32.1. The van der Waals surface area contributed by atoms with Crippen LogP contribution >= 0.6 is 11.3 Å². The van der Waals surface area contributed by atoms with Crippen LogP contribution in [0.4, 0.5) is 15.2 Å². The standard InChI is InChI=1S/C19H19FN4O3S/c1-9(2)17-16(10(3)24-27-17)18(26)23-19-22-15(8-28-19)13-6-5-12(7-14(13)20)21-11(4)25/h5-9H,1-4H3,(H,21,25)(H,22,23,26). The molecule has 0 saturated carbocycles. The van der Waals surface area contributed by atoms with E-state index in [1.165, 1.54) is 30.4 Å². The molecule has 7 nitrogen and oxygen atoms in total. The molecule has 3 rings (SSSR count). The van der Waals surface area contributed by atoms with Crippen molar-refractivity contribution in [1.29, 1.82) is 0 Å². The summed E-state index contributed by atoms with van der Waals surface area (Å²) < 4.78 is 19.6. The first-order valence-electron chi connectivity index (χ1n) is 8.56. The molecule has 0 atom stereocenters. The number of thiazole rings is 1. The fourth-order valence-electron chi connectivity index (χ4n) is 2.68. The van der Waals surface area contributed by atoms with Gasteiger partial charge in [-0.2, -0.15) is 0 Å². The molecule has 2 heterocycles. The maximum atomic E-state index is 14.4. The normalized spacial score (nSPS) is 10.9. The van der Waals surface area contributed by atoms with Crippen LogP contribution in [-0.4, -0.2) is 22.0 Å². The Hall–Kier alpha value is -3.07. The second kappa shape index (κ2) is 7.89. The van der Waals surface area contributed by atoms with Crippen LogP contribution in [0.2, 0.25) is 0 Å². The zero-order chi connectivity index (χ0) is 20.4. The summed E-state index contributed by atoms with van der Waals surface area (Å²) in [6, 6.07) is 4.35. The van der Waals surface area contributed by atoms with Crippen molar-refractivity contribution in [2.24, 2.45) is 0 Å². The molecule has 0 unspecified atom stereocenters. The number of hydrogen-bond acceptors (Lipinski definition) is 6. The second-order valence-corrected chi connectivity index (χ2v) is 7.39. The number of anilines is 2. The lowest BCUT2D eigenvalue weighted by Gasteiger charge is -2.05. The largest absolute Gasteiger partial charge is 0.360 e. The quantitative estimate of drug-likeness (QED) is 0.651. The number of nitrogens with zero attached hydrogens (tertiary/aromatic N) is 2. The van der Waals surface area contributed by atoms with E-state index in [1.54, 1.807) is 18.4 Å². The Morgan fingerprint density at radius 3 is 2.64 bits per heavy atom. The van der Waals surface area contributed by atoms with Crippen LogP contribution < -0.4 is 10.6 Å². The average molecular weight is 402 g/mol. The number of nitrogens with one attached hydrogen (secondary N) is 2. The molecule has 0 aliphatic carbocycles. The molecular formula is C19H19FN4O3S. The molecule has 1 aromatic carbocycles. The number of aryl methyl sites for hydroxylation is 1. The number of hydrogen-bond donors (Lipinski definition) is 2. The van der Waals surface area contributed by atoms with Gasteiger partial charge in [-0.15, -0.1) is 11.3 Å². The number of carbonyl (C=O) groups is 2. The topological polar surface area (TPSA) is 97.1 Å². The van der Waals surface area contributed by atoms with Crippen molar-refractivity contribution in [2.75, 3.05) is 10.6 Å². The van der Waals surface area contributed by atoms with Gasteiger partial charge in [-0.1, -0.05) is 19.0 Å². The number of carbonyl (C=O) groups excluding carboxylic acids is 2. The van der Waals surface area contributed by atoms with Gasteiger partial charge >= 0.3 is 0 Å². The van der Waals surface area contributed by atoms with E-state index in [2.05, 4.69) is 20.8 Å². The number of rotatable bonds is 5. The minimum atomic E-state index is -0.522. The van der Waals surface area contributed by atoms with Crippen LogP contribution in [0.5, 0.6) is 0 Å². The Bertz CT molecular complexity index is 1040. The Morgan fingerprint density at radius 1 is 1.25 bits per heavy atom. The van der Waals surface area contributed by atoms with Crippen LogP contribution in [0, 0.1) is 12.7 Å². The molecule has 0 fully saturated rings. The summed E-state index contributed by atoms with van der Waals surface area (Å²) in [6.45, 7) is 6.87. The summed E-state index contributed by atoms with van der Waals surface area (Å²) in [4.78, 5) is 28.0. The van der Waals surface area contributed by atoms with Crippen molar-refractivity contribution in [3.05, 3.63) is 46.4 Å². The second-order valence-electron chi connectivity index (χ2n) is 6.53. The van der Waals surface area contributed by atoms with E-state index in [-0.39, 0.29) is 23.3 Å². The Labute approximate surface area is 165 Å². The highest BCUT2D eigenvalue weighted by Crippen LogP contribution is 2.30. The van der Waals surface area contributed by atoms with Crippen LogP contribution in [0.1, 0.15) is 48.5 Å². The van der Waals surface area contributed by atoms with Crippen molar-refractivity contribution in [3.63, 3.8) is 0 Å². The molecule has 2 amide bonds. The maximum absolute atomic E-state index is 14.4. The molecule has 0 aliphatic rings. The van der Waals surface area contributed by atoms with Gasteiger partial charge in [0.1, 0.15) is 11.4 Å². The van der Waals surface area contributed by atoms with Crippen molar-refractivity contribution in [3.8, 4) is 11.3 Å². The van der Waals surface area contributed by atoms with Gasteiger partial charge in [-0.3, -0.25) is 14.9 Å². The molecule has 2 N–H and O–H groups in total. The first-order chi connectivity index (χ1) is 13.3. The number of benzene rings is 1. The summed E-state index contributed by atoms with van der Waals surface area (Å²) in [5.74, 6) is -0.664. The van der Waals surface area contributed by atoms with Gasteiger partial charge in [0.2, 0.25) is 5.91 Å². The van der Waals surface area contributed by atoms with Gasteiger partial charge in [0.15, 0.2) is 10.9 Å². The van der Waals surface area contributed by atoms with Gasteiger partial charge in [0.05, 0.1) is 11.4 Å². The van der Waals surface area contributed by atoms with E-state index in [0.29, 0.717) is 33.5 Å². The summed E-state index contributed by atoms with van der Waals surface area (Å²) in [5.41, 5.74) is 1.91. The Balaban J connectivity index is 1.81. The molecule has 3 aromatic rings. The highest BCUT2D eigenvalue weighted by molar-refractivity contribution is 7.14. The van der Waals surface area contributed by atoms with Gasteiger partial charge < -0.3 is 9.84 Å². The monoisotopic (exact) mass is 402 g/mol. The molecular weight excluding hydrogens is 383 g/mol. The Morgan fingerprint density at radius 2 is 2.00 bits per heavy atom. The van der Waals surface area contributed by atoms with Gasteiger partial charge in [0.25, 0.3) is 5.91 Å². The van der Waals surface area contributed by atoms with Gasteiger partial charge in [0, 0.05) is 29.5 Å². The zero-order valence-corrected chi connectivity index (χ0v) is 16.6. The van der Waals surface area contributed by atoms with E-state index < -0.39 is 5.82 Å². The van der Waals surface area contributed by atoms with Crippen molar-refractivity contribution < 1.29 is 18.5 Å². The molecule has 0 saturated heterocycles. The van der Waals surface area contributed by atoms with E-state index in [1.807, 2.05) is 13.8 Å². The lowest BCUT2D eigenvalue weighted by atomic mass is 10.0. The minimum absolute atomic E-state index is 0.00466. The lowest BCUT2D eigenvalue weighted by Crippen LogP contribution is -2.14. The molecule has 0 radical (unpaired) electrons. The smallest absolute Gasteiger partial charge is 0.262 e. The fraction of sp³-hybridized carbons (Fsp3) is 0.263. The van der Waals surface area contributed by atoms with Crippen LogP contribution in [0.3, 0.4) is 0 Å². The van der Waals surface area contributed by atoms with E-state index in [4.69, 9.17) is 4.52 Å². The van der Waals surface area contributed by atoms with Gasteiger partial charge in [-0.05, 0) is 25.1 Å². The summed E-state index contributed by atoms with van der Waals surface area (Å²) in [6.07, 6.45) is 0. The van der Waals surface area contributed by atoms with Crippen LogP contribution in [-0.2, 0) is 4.79 Å². The van der Waals surface area contributed by atoms with E-state index in [9.17, 15) is 14.0 Å². The third kappa shape index (κ3) is 4.09. The Kier molecular flexibility index (Phi) is 5.55. The predicted molar refractivity (Wildman–Crippen MR) is 105 cm³/mol. The number of amides is 2. The summed E-state index contributed by atoms with van der Waals surface area (Å²) >= 11 is 1.18. The third-order valence-electron chi connectivity index (χ3n) is 3.93. The van der Waals surface area contributed by atoms with Crippen LogP contribution in [0.15, 0.2) is 28.1 Å². The minimum Gasteiger partial charge on any atom is -0.360 e. The molecule has 146 valence electrons. The average Bonchev–Trinajstić information content (AvgIpc) is 3.21. The summed E-state index contributed by atoms with van der Waals surface area (Å²) in [5, 5.41) is 11.1. The number of halogens is 1. The van der Waals surface area contributed by atoms with E-state index >= 15 is 0 Å². The fourth-order valence-corrected chi connectivity index (χ4v) is 3.38. The van der Waals surface area contributed by atoms with Crippen LogP contribution in [0.25, 0.3) is 11.3 Å². The maximum Gasteiger partial charge on any atom is 0.262 e. The number of aromatic nitrogens is 2. The third-order valence-corrected chi connectivity index (χ3v) is 4.69. The lowest BCUT2D eigenvalue weighted by molar-refractivity contribution is -0.114. The molecule has 28 heavy (non-hydrogen) atoms.